The number of anilines is 1. The first-order chi connectivity index (χ1) is 20.4. The van der Waals surface area contributed by atoms with Crippen molar-refractivity contribution in [3.63, 3.8) is 0 Å². The number of unbranched alkanes of at least 4 members (excludes halogenated alkanes) is 15. The van der Waals surface area contributed by atoms with Crippen LogP contribution in [0.5, 0.6) is 5.75 Å². The van der Waals surface area contributed by atoms with E-state index < -0.39 is 18.2 Å². The molecule has 1 aromatic carbocycles. The molecule has 0 saturated carbocycles. The van der Waals surface area contributed by atoms with E-state index in [1.54, 1.807) is 0 Å². The van der Waals surface area contributed by atoms with Crippen LogP contribution in [0.1, 0.15) is 147 Å². The number of carbonyl (C=O) groups excluding carboxylic acids is 3. The minimum Gasteiger partial charge on any atom is -0.462 e. The molecule has 42 heavy (non-hydrogen) atoms. The van der Waals surface area contributed by atoms with Gasteiger partial charge in [0.1, 0.15) is 5.56 Å². The largest absolute Gasteiger partial charge is 0.513 e. The number of esters is 1. The van der Waals surface area contributed by atoms with Crippen molar-refractivity contribution in [2.24, 2.45) is 0 Å². The second kappa shape index (κ2) is 25.1. The maximum absolute atomic E-state index is 13.0. The van der Waals surface area contributed by atoms with Crippen molar-refractivity contribution < 1.29 is 33.3 Å². The number of hydrogen-bond donors (Lipinski definition) is 1. The molecule has 0 aromatic heterocycles. The number of nitrogens with one attached hydrogen (secondary N) is 1. The number of benzene rings is 1. The van der Waals surface area contributed by atoms with Crippen molar-refractivity contribution in [3.8, 4) is 5.75 Å². The van der Waals surface area contributed by atoms with E-state index in [2.05, 4.69) is 26.1 Å². The Bertz CT molecular complexity index is 893. The van der Waals surface area contributed by atoms with E-state index in [1.165, 1.54) is 50.7 Å². The molecule has 0 bridgehead atoms. The molecule has 9 heteroatoms. The summed E-state index contributed by atoms with van der Waals surface area (Å²) in [6.45, 7) is 7.23. The number of hydrogen-bond acceptors (Lipinski definition) is 7. The van der Waals surface area contributed by atoms with E-state index >= 15 is 0 Å². The fourth-order valence-corrected chi connectivity index (χ4v) is 4.66. The molecule has 240 valence electrons. The molecule has 0 atom stereocenters. The molecule has 0 radical (unpaired) electrons. The Hall–Kier alpha value is -2.48. The Balaban J connectivity index is 2.77. The molecule has 0 heterocycles. The molecule has 0 aliphatic carbocycles. The summed E-state index contributed by atoms with van der Waals surface area (Å²) in [6.07, 6.45) is 17.4. The van der Waals surface area contributed by atoms with Crippen LogP contribution in [0.25, 0.3) is 0 Å². The highest BCUT2D eigenvalue weighted by Crippen LogP contribution is 2.34. The molecule has 8 nitrogen and oxygen atoms in total. The van der Waals surface area contributed by atoms with Gasteiger partial charge in [-0.25, -0.2) is 14.4 Å². The minimum absolute atomic E-state index is 0.0354. The van der Waals surface area contributed by atoms with Crippen LogP contribution in [0.3, 0.4) is 0 Å². The van der Waals surface area contributed by atoms with Gasteiger partial charge in [-0.2, -0.15) is 0 Å². The second-order valence-electron chi connectivity index (χ2n) is 10.7. The molecule has 0 aliphatic rings. The van der Waals surface area contributed by atoms with E-state index in [4.69, 9.17) is 30.5 Å². The van der Waals surface area contributed by atoms with Crippen LogP contribution in [-0.4, -0.2) is 38.0 Å². The highest BCUT2D eigenvalue weighted by Gasteiger charge is 2.23. The van der Waals surface area contributed by atoms with Crippen LogP contribution in [-0.2, 0) is 14.2 Å². The van der Waals surface area contributed by atoms with Crippen molar-refractivity contribution >= 4 is 35.5 Å². The van der Waals surface area contributed by atoms with Gasteiger partial charge < -0.3 is 18.9 Å². The predicted octanol–water partition coefficient (Wildman–Crippen LogP) is 10.6. The summed E-state index contributed by atoms with van der Waals surface area (Å²) >= 11 is 6.43. The third-order valence-electron chi connectivity index (χ3n) is 6.88. The minimum atomic E-state index is -0.950. The summed E-state index contributed by atoms with van der Waals surface area (Å²) < 4.78 is 21.3. The highest BCUT2D eigenvalue weighted by atomic mass is 35.5. The fourth-order valence-electron chi connectivity index (χ4n) is 4.40. The first-order valence-electron chi connectivity index (χ1n) is 16.2. The van der Waals surface area contributed by atoms with Crippen molar-refractivity contribution in [3.05, 3.63) is 22.7 Å². The summed E-state index contributed by atoms with van der Waals surface area (Å²) in [4.78, 5) is 37.8. The third-order valence-corrected chi connectivity index (χ3v) is 7.16. The summed E-state index contributed by atoms with van der Waals surface area (Å²) in [6, 6.07) is 2.77. The SMILES string of the molecule is CCCCCCCCOC(=O)Nc1cc(Cl)c(OC(=O)OCCCCCCCC)c(C(=O)OCCCCCCCC)c1. The Morgan fingerprint density at radius 2 is 1.07 bits per heavy atom. The number of carbonyl (C=O) groups is 3. The average molecular weight is 612 g/mol. The normalized spacial score (nSPS) is 10.8. The van der Waals surface area contributed by atoms with E-state index in [9.17, 15) is 14.4 Å². The smallest absolute Gasteiger partial charge is 0.462 e. The molecule has 0 saturated heterocycles. The zero-order chi connectivity index (χ0) is 30.8. The highest BCUT2D eigenvalue weighted by molar-refractivity contribution is 6.33. The quantitative estimate of drug-likeness (QED) is 0.0537. The van der Waals surface area contributed by atoms with Gasteiger partial charge in [-0.15, -0.1) is 0 Å². The van der Waals surface area contributed by atoms with Gasteiger partial charge in [-0.05, 0) is 31.4 Å². The van der Waals surface area contributed by atoms with Crippen molar-refractivity contribution in [2.45, 2.75) is 136 Å². The summed E-state index contributed by atoms with van der Waals surface area (Å²) in [5.41, 5.74) is 0.156. The Morgan fingerprint density at radius 1 is 0.619 bits per heavy atom. The van der Waals surface area contributed by atoms with E-state index in [-0.39, 0.29) is 35.2 Å². The topological polar surface area (TPSA) is 100 Å². The number of ether oxygens (including phenoxy) is 4. The van der Waals surface area contributed by atoms with Gasteiger partial charge >= 0.3 is 18.2 Å². The molecule has 0 spiro atoms. The van der Waals surface area contributed by atoms with Crippen molar-refractivity contribution in [1.29, 1.82) is 0 Å². The van der Waals surface area contributed by atoms with Gasteiger partial charge in [0.05, 0.1) is 24.8 Å². The number of halogens is 1. The van der Waals surface area contributed by atoms with Crippen molar-refractivity contribution in [2.75, 3.05) is 25.1 Å². The Labute approximate surface area is 258 Å². The first kappa shape index (κ1) is 37.5. The zero-order valence-electron chi connectivity index (χ0n) is 26.2. The van der Waals surface area contributed by atoms with Gasteiger partial charge in [0.25, 0.3) is 0 Å². The Morgan fingerprint density at radius 3 is 1.60 bits per heavy atom. The summed E-state index contributed by atoms with van der Waals surface area (Å²) in [5.74, 6) is -0.864. The van der Waals surface area contributed by atoms with Gasteiger partial charge in [-0.1, -0.05) is 129 Å². The van der Waals surface area contributed by atoms with Crippen LogP contribution >= 0.6 is 11.6 Å². The molecule has 0 unspecified atom stereocenters. The lowest BCUT2D eigenvalue weighted by Gasteiger charge is -2.14. The number of amides is 1. The van der Waals surface area contributed by atoms with Crippen molar-refractivity contribution in [1.82, 2.24) is 0 Å². The lowest BCUT2D eigenvalue weighted by molar-refractivity contribution is 0.0492. The monoisotopic (exact) mass is 611 g/mol. The van der Waals surface area contributed by atoms with E-state index in [0.717, 1.165) is 77.0 Å². The lowest BCUT2D eigenvalue weighted by atomic mass is 10.1. The van der Waals surface area contributed by atoms with Crippen LogP contribution in [0.2, 0.25) is 5.02 Å². The van der Waals surface area contributed by atoms with Gasteiger partial charge in [0.2, 0.25) is 0 Å². The van der Waals surface area contributed by atoms with E-state index in [0.29, 0.717) is 6.61 Å². The third kappa shape index (κ3) is 18.1. The molecule has 1 aromatic rings. The van der Waals surface area contributed by atoms with Crippen LogP contribution < -0.4 is 10.1 Å². The molecular weight excluding hydrogens is 558 g/mol. The van der Waals surface area contributed by atoms with Gasteiger partial charge in [0.15, 0.2) is 5.75 Å². The maximum atomic E-state index is 13.0. The first-order valence-corrected chi connectivity index (χ1v) is 16.6. The van der Waals surface area contributed by atoms with Gasteiger partial charge in [-0.3, -0.25) is 5.32 Å². The number of rotatable bonds is 24. The average Bonchev–Trinajstić information content (AvgIpc) is 2.96. The standard InChI is InChI=1S/C33H54ClNO7/c1-4-7-10-13-16-19-22-39-31(36)28-25-27(35-32(37)40-23-20-17-14-11-8-5-2)26-29(34)30(28)42-33(38)41-24-21-18-15-12-9-6-3/h25-26H,4-24H2,1-3H3,(H,35,37). The van der Waals surface area contributed by atoms with Gasteiger partial charge in [0, 0.05) is 5.69 Å². The molecular formula is C33H54ClNO7. The molecule has 1 rings (SSSR count). The predicted molar refractivity (Wildman–Crippen MR) is 169 cm³/mol. The van der Waals surface area contributed by atoms with Crippen LogP contribution in [0, 0.1) is 0 Å². The molecule has 0 fully saturated rings. The van der Waals surface area contributed by atoms with E-state index in [1.807, 2.05) is 0 Å². The molecule has 0 aliphatic heterocycles. The zero-order valence-corrected chi connectivity index (χ0v) is 27.0. The second-order valence-corrected chi connectivity index (χ2v) is 11.1. The summed E-state index contributed by atoms with van der Waals surface area (Å²) in [5, 5.41) is 2.57. The maximum Gasteiger partial charge on any atom is 0.513 e. The summed E-state index contributed by atoms with van der Waals surface area (Å²) in [7, 11) is 0. The molecule has 1 N–H and O–H groups in total. The Kier molecular flexibility index (Phi) is 22.4. The van der Waals surface area contributed by atoms with Crippen LogP contribution in [0.4, 0.5) is 15.3 Å². The lowest BCUT2D eigenvalue weighted by Crippen LogP contribution is -2.17. The van der Waals surface area contributed by atoms with Crippen LogP contribution in [0.15, 0.2) is 12.1 Å². The fraction of sp³-hybridized carbons (Fsp3) is 0.727. The molecule has 1 amide bonds.